The molecule has 0 spiro atoms. The molecule has 0 aliphatic heterocycles. The molecule has 0 aliphatic carbocycles. The van der Waals surface area contributed by atoms with E-state index in [0.717, 1.165) is 0 Å². The van der Waals surface area contributed by atoms with Crippen LogP contribution in [-0.2, 0) is 27.5 Å². The van der Waals surface area contributed by atoms with Crippen molar-refractivity contribution in [1.29, 1.82) is 0 Å². The number of rotatable bonds is 4. The fraction of sp³-hybridized carbons (Fsp3) is 1.00. The van der Waals surface area contributed by atoms with Gasteiger partial charge in [-0.25, -0.2) is 9.13 Å². The maximum atomic E-state index is 10.2. The highest BCUT2D eigenvalue weighted by Gasteiger charge is 2.33. The summed E-state index contributed by atoms with van der Waals surface area (Å²) in [5.74, 6) is 0. The van der Waals surface area contributed by atoms with Crippen molar-refractivity contribution in [2.24, 2.45) is 0 Å². The monoisotopic (exact) mass is 274 g/mol. The SMILES string of the molecule is C.O=P(O)(O)OS(=O)(=O)OP(=O)(O)O. The van der Waals surface area contributed by atoms with Crippen LogP contribution in [0.4, 0.5) is 0 Å². The topological polar surface area (TPSA) is 168 Å². The zero-order valence-electron chi connectivity index (χ0n) is 5.54. The highest BCUT2D eigenvalue weighted by molar-refractivity contribution is 7.89. The Balaban J connectivity index is 0. The Hall–Kier alpha value is 0.170. The largest absolute Gasteiger partial charge is 0.486 e. The lowest BCUT2D eigenvalue weighted by atomic mass is 12.0. The van der Waals surface area contributed by atoms with E-state index < -0.39 is 26.0 Å². The van der Waals surface area contributed by atoms with Crippen LogP contribution in [-0.4, -0.2) is 28.0 Å². The Morgan fingerprint density at radius 3 is 1.21 bits per heavy atom. The van der Waals surface area contributed by atoms with E-state index in [1.807, 2.05) is 0 Å². The average Bonchev–Trinajstić information content (AvgIpc) is 1.43. The Kier molecular flexibility index (Phi) is 5.68. The van der Waals surface area contributed by atoms with Crippen molar-refractivity contribution in [1.82, 2.24) is 0 Å². The molecule has 0 amide bonds. The summed E-state index contributed by atoms with van der Waals surface area (Å²) in [6.07, 6.45) is 0. The smallest absolute Gasteiger partial charge is 0.302 e. The summed E-state index contributed by atoms with van der Waals surface area (Å²) in [5, 5.41) is 0. The summed E-state index contributed by atoms with van der Waals surface area (Å²) in [4.78, 5) is 31.7. The maximum absolute atomic E-state index is 10.2. The van der Waals surface area contributed by atoms with E-state index in [9.17, 15) is 17.5 Å². The molecule has 0 saturated carbocycles. The third kappa shape index (κ3) is 10.3. The normalized spacial score (nSPS) is 13.4. The molecule has 14 heavy (non-hydrogen) atoms. The lowest BCUT2D eigenvalue weighted by molar-refractivity contribution is 0.245. The first-order chi connectivity index (χ1) is 5.41. The minimum atomic E-state index is -5.43. The molecule has 88 valence electrons. The average molecular weight is 274 g/mol. The second-order valence-electron chi connectivity index (χ2n) is 1.54. The van der Waals surface area contributed by atoms with Crippen molar-refractivity contribution in [3.05, 3.63) is 0 Å². The zero-order chi connectivity index (χ0) is 10.9. The van der Waals surface area contributed by atoms with Crippen molar-refractivity contribution in [2.75, 3.05) is 0 Å². The highest BCUT2D eigenvalue weighted by Crippen LogP contribution is 2.44. The predicted molar refractivity (Wildman–Crippen MR) is 41.9 cm³/mol. The van der Waals surface area contributed by atoms with Gasteiger partial charge in [-0.05, 0) is 0 Å². The number of phosphoric acid groups is 2. The van der Waals surface area contributed by atoms with Gasteiger partial charge in [-0.3, -0.25) is 0 Å². The molecule has 0 bridgehead atoms. The molecule has 0 heterocycles. The van der Waals surface area contributed by atoms with Gasteiger partial charge in [0.2, 0.25) is 0 Å². The van der Waals surface area contributed by atoms with Crippen molar-refractivity contribution in [3.63, 3.8) is 0 Å². The van der Waals surface area contributed by atoms with Gasteiger partial charge in [-0.1, -0.05) is 7.43 Å². The second kappa shape index (κ2) is 4.79. The molecule has 0 aromatic heterocycles. The van der Waals surface area contributed by atoms with Crippen LogP contribution in [0.15, 0.2) is 0 Å². The summed E-state index contributed by atoms with van der Waals surface area (Å²) in [7, 11) is -16.3. The predicted octanol–water partition coefficient (Wildman–Crippen LogP) is -0.914. The highest BCUT2D eigenvalue weighted by atomic mass is 32.3. The molecule has 13 heteroatoms. The van der Waals surface area contributed by atoms with Crippen LogP contribution in [0.2, 0.25) is 0 Å². The van der Waals surface area contributed by atoms with Crippen LogP contribution in [0, 0.1) is 0 Å². The summed E-state index contributed by atoms with van der Waals surface area (Å²) in [6, 6.07) is 0. The van der Waals surface area contributed by atoms with Gasteiger partial charge >= 0.3 is 26.0 Å². The lowest BCUT2D eigenvalue weighted by Crippen LogP contribution is -2.06. The van der Waals surface area contributed by atoms with Crippen LogP contribution >= 0.6 is 15.6 Å². The molecule has 0 aliphatic rings. The van der Waals surface area contributed by atoms with Crippen molar-refractivity contribution < 1.29 is 45.1 Å². The van der Waals surface area contributed by atoms with E-state index in [1.54, 1.807) is 0 Å². The summed E-state index contributed by atoms with van der Waals surface area (Å²) < 4.78 is 46.1. The first-order valence-corrected chi connectivity index (χ1v) is 6.59. The van der Waals surface area contributed by atoms with E-state index in [1.165, 1.54) is 0 Å². The Morgan fingerprint density at radius 1 is 0.857 bits per heavy atom. The van der Waals surface area contributed by atoms with E-state index in [0.29, 0.717) is 0 Å². The Bertz CT molecular complexity index is 324. The van der Waals surface area contributed by atoms with E-state index in [-0.39, 0.29) is 7.43 Å². The van der Waals surface area contributed by atoms with E-state index in [2.05, 4.69) is 7.94 Å². The Morgan fingerprint density at radius 2 is 1.07 bits per heavy atom. The summed E-state index contributed by atoms with van der Waals surface area (Å²) in [6.45, 7) is 0. The van der Waals surface area contributed by atoms with Crippen LogP contribution in [0.3, 0.4) is 0 Å². The van der Waals surface area contributed by atoms with Crippen LogP contribution in [0.1, 0.15) is 7.43 Å². The first-order valence-electron chi connectivity index (χ1n) is 2.20. The van der Waals surface area contributed by atoms with Gasteiger partial charge < -0.3 is 19.6 Å². The van der Waals surface area contributed by atoms with Crippen molar-refractivity contribution in [2.45, 2.75) is 7.43 Å². The number of hydrogen-bond acceptors (Lipinski definition) is 6. The molecule has 0 aromatic carbocycles. The molecular formula is CH8O10P2S. The lowest BCUT2D eigenvalue weighted by Gasteiger charge is -2.05. The maximum Gasteiger partial charge on any atom is 0.486 e. The molecule has 10 nitrogen and oxygen atoms in total. The van der Waals surface area contributed by atoms with E-state index >= 15 is 0 Å². The molecule has 0 atom stereocenters. The van der Waals surface area contributed by atoms with Crippen LogP contribution in [0.5, 0.6) is 0 Å². The molecule has 0 aromatic rings. The number of hydrogen-bond donors (Lipinski definition) is 4. The zero-order valence-corrected chi connectivity index (χ0v) is 8.15. The van der Waals surface area contributed by atoms with Gasteiger partial charge in [0.25, 0.3) is 0 Å². The van der Waals surface area contributed by atoms with Gasteiger partial charge in [0.05, 0.1) is 0 Å². The standard InChI is InChI=1S/CH4.H4O10P2S/c;1-11(2,3)9-13(7,8)10-12(4,5)6/h1H4;(H2,1,2,3)(H2,4,5,6). The fourth-order valence-corrected chi connectivity index (χ4v) is 2.51. The van der Waals surface area contributed by atoms with E-state index in [4.69, 9.17) is 19.6 Å². The third-order valence-corrected chi connectivity index (χ3v) is 3.39. The van der Waals surface area contributed by atoms with Gasteiger partial charge in [0, 0.05) is 0 Å². The van der Waals surface area contributed by atoms with Gasteiger partial charge in [0.15, 0.2) is 0 Å². The van der Waals surface area contributed by atoms with Gasteiger partial charge in [-0.15, -0.1) is 7.94 Å². The molecule has 0 saturated heterocycles. The Labute approximate surface area is 79.3 Å². The molecular weight excluding hydrogens is 266 g/mol. The molecule has 0 fully saturated rings. The van der Waals surface area contributed by atoms with Crippen LogP contribution in [0.25, 0.3) is 0 Å². The summed E-state index contributed by atoms with van der Waals surface area (Å²) >= 11 is 0. The van der Waals surface area contributed by atoms with Crippen molar-refractivity contribution >= 4 is 26.0 Å². The van der Waals surface area contributed by atoms with Crippen LogP contribution < -0.4 is 0 Å². The molecule has 4 N–H and O–H groups in total. The van der Waals surface area contributed by atoms with Crippen molar-refractivity contribution in [3.8, 4) is 0 Å². The molecule has 0 unspecified atom stereocenters. The quantitative estimate of drug-likeness (QED) is 0.470. The minimum Gasteiger partial charge on any atom is -0.302 e. The fourth-order valence-electron chi connectivity index (χ4n) is 0.251. The second-order valence-corrected chi connectivity index (χ2v) is 5.51. The first kappa shape index (κ1) is 16.6. The molecule has 0 radical (unpaired) electrons. The third-order valence-electron chi connectivity index (χ3n) is 0.377. The summed E-state index contributed by atoms with van der Waals surface area (Å²) in [5.41, 5.74) is 0. The van der Waals surface area contributed by atoms with Gasteiger partial charge in [-0.2, -0.15) is 8.42 Å². The minimum absolute atomic E-state index is 0. The van der Waals surface area contributed by atoms with Gasteiger partial charge in [0.1, 0.15) is 0 Å². The molecule has 0 rings (SSSR count).